The number of hydrogen-bond donors (Lipinski definition) is 0. The van der Waals surface area contributed by atoms with Crippen molar-refractivity contribution in [1.29, 1.82) is 0 Å². The molecule has 0 aliphatic carbocycles. The monoisotopic (exact) mass is 403 g/mol. The van der Waals surface area contributed by atoms with Gasteiger partial charge in [-0.2, -0.15) is 0 Å². The van der Waals surface area contributed by atoms with Crippen LogP contribution in [0.2, 0.25) is 0 Å². The Hall–Kier alpha value is -2.37. The molecule has 6 nitrogen and oxygen atoms in total. The lowest BCUT2D eigenvalue weighted by atomic mass is 9.86. The number of likely N-dealkylation sites (tertiary alicyclic amines) is 1. The molecule has 0 unspecified atom stereocenters. The summed E-state index contributed by atoms with van der Waals surface area (Å²) in [5.41, 5.74) is 1.48. The Morgan fingerprint density at radius 2 is 1.66 bits per heavy atom. The summed E-state index contributed by atoms with van der Waals surface area (Å²) in [5.74, 6) is -1.44. The first-order chi connectivity index (χ1) is 13.3. The molecule has 6 heteroatoms. The summed E-state index contributed by atoms with van der Waals surface area (Å²) in [6.07, 6.45) is -0.109. The van der Waals surface area contributed by atoms with Gasteiger partial charge in [0.15, 0.2) is 0 Å². The molecule has 1 saturated heterocycles. The number of esters is 1. The second-order valence-electron chi connectivity index (χ2n) is 9.54. The summed E-state index contributed by atoms with van der Waals surface area (Å²) >= 11 is 0. The van der Waals surface area contributed by atoms with Gasteiger partial charge in [-0.15, -0.1) is 0 Å². The van der Waals surface area contributed by atoms with Crippen molar-refractivity contribution < 1.29 is 23.9 Å². The summed E-state index contributed by atoms with van der Waals surface area (Å²) in [7, 11) is 0. The minimum atomic E-state index is -0.948. The van der Waals surface area contributed by atoms with Crippen LogP contribution in [0.1, 0.15) is 66.0 Å². The van der Waals surface area contributed by atoms with E-state index >= 15 is 0 Å². The average molecular weight is 404 g/mol. The van der Waals surface area contributed by atoms with E-state index in [-0.39, 0.29) is 18.4 Å². The number of imide groups is 1. The van der Waals surface area contributed by atoms with E-state index in [4.69, 9.17) is 9.47 Å². The predicted molar refractivity (Wildman–Crippen MR) is 110 cm³/mol. The SMILES string of the molecule is CCOC(=O)[C@H]1C[C@H](Cc2ccc(C(C)(C)C)cc2)C(=O)N1C(=O)OC(C)(C)C. The first kappa shape index (κ1) is 22.9. The molecule has 1 aromatic rings. The lowest BCUT2D eigenvalue weighted by Gasteiger charge is -2.26. The Morgan fingerprint density at radius 3 is 2.14 bits per heavy atom. The topological polar surface area (TPSA) is 72.9 Å². The van der Waals surface area contributed by atoms with E-state index in [2.05, 4.69) is 32.9 Å². The Bertz CT molecular complexity index is 755. The molecule has 0 aromatic heterocycles. The van der Waals surface area contributed by atoms with E-state index in [1.807, 2.05) is 12.1 Å². The molecule has 29 heavy (non-hydrogen) atoms. The largest absolute Gasteiger partial charge is 0.464 e. The first-order valence-corrected chi connectivity index (χ1v) is 10.2. The molecule has 160 valence electrons. The molecule has 0 radical (unpaired) electrons. The maximum atomic E-state index is 13.0. The summed E-state index contributed by atoms with van der Waals surface area (Å²) in [4.78, 5) is 39.0. The first-order valence-electron chi connectivity index (χ1n) is 10.2. The van der Waals surface area contributed by atoms with Crippen molar-refractivity contribution in [3.8, 4) is 0 Å². The van der Waals surface area contributed by atoms with Crippen molar-refractivity contribution in [2.45, 2.75) is 78.4 Å². The van der Waals surface area contributed by atoms with Crippen LogP contribution in [0.3, 0.4) is 0 Å². The van der Waals surface area contributed by atoms with Gasteiger partial charge in [0, 0.05) is 5.92 Å². The van der Waals surface area contributed by atoms with Crippen LogP contribution in [-0.2, 0) is 30.9 Å². The maximum Gasteiger partial charge on any atom is 0.417 e. The second-order valence-corrected chi connectivity index (χ2v) is 9.54. The second kappa shape index (κ2) is 8.56. The lowest BCUT2D eigenvalue weighted by molar-refractivity contribution is -0.151. The fourth-order valence-corrected chi connectivity index (χ4v) is 3.39. The van der Waals surface area contributed by atoms with Crippen molar-refractivity contribution in [1.82, 2.24) is 4.90 Å². The number of benzene rings is 1. The van der Waals surface area contributed by atoms with Crippen molar-refractivity contribution in [3.63, 3.8) is 0 Å². The van der Waals surface area contributed by atoms with Gasteiger partial charge in [0.2, 0.25) is 5.91 Å². The molecule has 0 spiro atoms. The van der Waals surface area contributed by atoms with Gasteiger partial charge < -0.3 is 9.47 Å². The number of rotatable bonds is 4. The highest BCUT2D eigenvalue weighted by Gasteiger charge is 2.48. The minimum Gasteiger partial charge on any atom is -0.464 e. The molecular formula is C23H33NO5. The molecule has 1 aliphatic rings. The van der Waals surface area contributed by atoms with Gasteiger partial charge in [-0.05, 0) is 57.1 Å². The Balaban J connectivity index is 2.22. The molecule has 1 heterocycles. The molecule has 2 atom stereocenters. The molecule has 1 aromatic carbocycles. The van der Waals surface area contributed by atoms with E-state index in [9.17, 15) is 14.4 Å². The van der Waals surface area contributed by atoms with Crippen LogP contribution in [0.15, 0.2) is 24.3 Å². The van der Waals surface area contributed by atoms with E-state index in [1.165, 1.54) is 5.56 Å². The number of carbonyl (C=O) groups excluding carboxylic acids is 3. The van der Waals surface area contributed by atoms with Gasteiger partial charge in [0.05, 0.1) is 6.61 Å². The van der Waals surface area contributed by atoms with Crippen molar-refractivity contribution in [2.24, 2.45) is 5.92 Å². The Kier molecular flexibility index (Phi) is 6.76. The highest BCUT2D eigenvalue weighted by molar-refractivity contribution is 6.00. The number of hydrogen-bond acceptors (Lipinski definition) is 5. The molecule has 0 bridgehead atoms. The lowest BCUT2D eigenvalue weighted by Crippen LogP contribution is -2.46. The van der Waals surface area contributed by atoms with E-state index in [0.29, 0.717) is 6.42 Å². The summed E-state index contributed by atoms with van der Waals surface area (Å²) in [5, 5.41) is 0. The molecular weight excluding hydrogens is 370 g/mol. The molecule has 2 amide bonds. The molecule has 1 fully saturated rings. The normalized spacial score (nSPS) is 20.0. The predicted octanol–water partition coefficient (Wildman–Crippen LogP) is 4.24. The quantitative estimate of drug-likeness (QED) is 0.703. The van der Waals surface area contributed by atoms with Gasteiger partial charge in [0.1, 0.15) is 11.6 Å². The van der Waals surface area contributed by atoms with Crippen LogP contribution >= 0.6 is 0 Å². The number of carbonyl (C=O) groups is 3. The van der Waals surface area contributed by atoms with Crippen molar-refractivity contribution >= 4 is 18.0 Å². The maximum absolute atomic E-state index is 13.0. The molecule has 0 saturated carbocycles. The van der Waals surface area contributed by atoms with Crippen LogP contribution in [0.5, 0.6) is 0 Å². The third-order valence-electron chi connectivity index (χ3n) is 4.86. The van der Waals surface area contributed by atoms with Crippen LogP contribution < -0.4 is 0 Å². The van der Waals surface area contributed by atoms with Crippen LogP contribution in [-0.4, -0.2) is 41.1 Å². The van der Waals surface area contributed by atoms with Crippen LogP contribution in [0, 0.1) is 5.92 Å². The zero-order valence-corrected chi connectivity index (χ0v) is 18.6. The minimum absolute atomic E-state index is 0.0459. The third-order valence-corrected chi connectivity index (χ3v) is 4.86. The van der Waals surface area contributed by atoms with Gasteiger partial charge >= 0.3 is 12.1 Å². The van der Waals surface area contributed by atoms with E-state index in [0.717, 1.165) is 10.5 Å². The smallest absolute Gasteiger partial charge is 0.417 e. The van der Waals surface area contributed by atoms with Crippen LogP contribution in [0.4, 0.5) is 4.79 Å². The Morgan fingerprint density at radius 1 is 1.07 bits per heavy atom. The van der Waals surface area contributed by atoms with Gasteiger partial charge in [0.25, 0.3) is 0 Å². The van der Waals surface area contributed by atoms with Gasteiger partial charge in [-0.3, -0.25) is 4.79 Å². The summed E-state index contributed by atoms with van der Waals surface area (Å²) in [6.45, 7) is 13.5. The number of ether oxygens (including phenoxy) is 2. The zero-order chi connectivity index (χ0) is 22.0. The highest BCUT2D eigenvalue weighted by Crippen LogP contribution is 2.31. The fraction of sp³-hybridized carbons (Fsp3) is 0.609. The van der Waals surface area contributed by atoms with Crippen molar-refractivity contribution in [2.75, 3.05) is 6.61 Å². The Labute approximate surface area is 173 Å². The standard InChI is InChI=1S/C23H33NO5/c1-8-28-20(26)18-14-16(19(25)24(18)21(27)29-23(5,6)7)13-15-9-11-17(12-10-15)22(2,3)4/h9-12,16,18H,8,13-14H2,1-7H3/t16-,18+/m0/s1. The molecule has 1 aliphatic heterocycles. The number of nitrogens with zero attached hydrogens (tertiary/aromatic N) is 1. The van der Waals surface area contributed by atoms with E-state index < -0.39 is 35.5 Å². The highest BCUT2D eigenvalue weighted by atomic mass is 16.6. The third kappa shape index (κ3) is 5.81. The number of amides is 2. The molecule has 2 rings (SSSR count). The molecule has 0 N–H and O–H groups in total. The van der Waals surface area contributed by atoms with E-state index in [1.54, 1.807) is 27.7 Å². The van der Waals surface area contributed by atoms with Gasteiger partial charge in [-0.25, -0.2) is 14.5 Å². The average Bonchev–Trinajstić information content (AvgIpc) is 2.90. The summed E-state index contributed by atoms with van der Waals surface area (Å²) < 4.78 is 10.5. The van der Waals surface area contributed by atoms with Crippen molar-refractivity contribution in [3.05, 3.63) is 35.4 Å². The fourth-order valence-electron chi connectivity index (χ4n) is 3.39. The van der Waals surface area contributed by atoms with Crippen LogP contribution in [0.25, 0.3) is 0 Å². The summed E-state index contributed by atoms with van der Waals surface area (Å²) in [6, 6.07) is 7.18. The zero-order valence-electron chi connectivity index (χ0n) is 18.6. The van der Waals surface area contributed by atoms with Gasteiger partial charge in [-0.1, -0.05) is 45.0 Å².